The first-order chi connectivity index (χ1) is 6.93. The van der Waals surface area contributed by atoms with Gasteiger partial charge in [0.05, 0.1) is 4.92 Å². The number of nitro groups is 1. The predicted octanol–water partition coefficient (Wildman–Crippen LogP) is 3.03. The summed E-state index contributed by atoms with van der Waals surface area (Å²) in [6.07, 6.45) is 0. The normalized spacial score (nSPS) is 10.4. The number of benzene rings is 1. The Labute approximate surface area is 101 Å². The van der Waals surface area contributed by atoms with Crippen LogP contribution in [0, 0.1) is 15.9 Å². The molecule has 0 amide bonds. The number of nitro benzene ring substituents is 1. The Morgan fingerprint density at radius 3 is 2.53 bits per heavy atom. The van der Waals surface area contributed by atoms with E-state index in [0.717, 1.165) is 12.1 Å². The van der Waals surface area contributed by atoms with Crippen LogP contribution in [0.15, 0.2) is 18.2 Å². The van der Waals surface area contributed by atoms with Crippen molar-refractivity contribution in [1.82, 2.24) is 0 Å². The molecular weight excluding hydrogens is 337 g/mol. The fraction of sp³-hybridized carbons (Fsp3) is 0.125. The zero-order valence-corrected chi connectivity index (χ0v) is 10.3. The van der Waals surface area contributed by atoms with Crippen molar-refractivity contribution in [2.24, 2.45) is 0 Å². The Kier molecular flexibility index (Phi) is 3.92. The molecule has 0 N–H and O–H groups in total. The third kappa shape index (κ3) is 2.82. The Hall–Kier alpha value is -0.820. The zero-order chi connectivity index (χ0) is 11.6. The van der Waals surface area contributed by atoms with Crippen molar-refractivity contribution < 1.29 is 14.1 Å². The minimum absolute atomic E-state index is 0.0712. The number of carbonyl (C=O) groups is 1. The molecule has 0 heterocycles. The molecule has 0 aromatic heterocycles. The Morgan fingerprint density at radius 1 is 1.47 bits per heavy atom. The number of ketones is 1. The molecule has 0 spiro atoms. The van der Waals surface area contributed by atoms with Crippen LogP contribution in [0.1, 0.15) is 10.4 Å². The van der Waals surface area contributed by atoms with Crippen LogP contribution >= 0.6 is 31.9 Å². The van der Waals surface area contributed by atoms with Crippen LogP contribution in [-0.4, -0.2) is 14.4 Å². The van der Waals surface area contributed by atoms with E-state index in [4.69, 9.17) is 0 Å². The van der Waals surface area contributed by atoms with Gasteiger partial charge in [0.1, 0.15) is 3.74 Å². The second-order valence-electron chi connectivity index (χ2n) is 2.59. The second-order valence-corrected chi connectivity index (χ2v) is 5.65. The highest BCUT2D eigenvalue weighted by Crippen LogP contribution is 2.22. The highest BCUT2D eigenvalue weighted by molar-refractivity contribution is 9.25. The molecule has 0 saturated carbocycles. The van der Waals surface area contributed by atoms with Crippen molar-refractivity contribution in [3.63, 3.8) is 0 Å². The van der Waals surface area contributed by atoms with E-state index in [1.54, 1.807) is 0 Å². The lowest BCUT2D eigenvalue weighted by molar-refractivity contribution is -0.387. The summed E-state index contributed by atoms with van der Waals surface area (Å²) in [5.41, 5.74) is -0.636. The predicted molar refractivity (Wildman–Crippen MR) is 59.0 cm³/mol. The van der Waals surface area contributed by atoms with Crippen LogP contribution < -0.4 is 0 Å². The van der Waals surface area contributed by atoms with Crippen LogP contribution in [0.25, 0.3) is 0 Å². The summed E-state index contributed by atoms with van der Waals surface area (Å²) in [6.45, 7) is 0. The largest absolute Gasteiger partial charge is 0.305 e. The van der Waals surface area contributed by atoms with E-state index in [0.29, 0.717) is 0 Å². The number of halogens is 3. The summed E-state index contributed by atoms with van der Waals surface area (Å²) in [7, 11) is 0. The quantitative estimate of drug-likeness (QED) is 0.368. The van der Waals surface area contributed by atoms with Crippen molar-refractivity contribution in [1.29, 1.82) is 0 Å². The number of hydrogen-bond donors (Lipinski definition) is 0. The van der Waals surface area contributed by atoms with Crippen molar-refractivity contribution in [2.75, 3.05) is 0 Å². The highest BCUT2D eigenvalue weighted by Gasteiger charge is 2.20. The molecule has 0 unspecified atom stereocenters. The second kappa shape index (κ2) is 4.80. The first kappa shape index (κ1) is 12.3. The molecule has 0 radical (unpaired) electrons. The van der Waals surface area contributed by atoms with Gasteiger partial charge in [-0.15, -0.1) is 0 Å². The van der Waals surface area contributed by atoms with Gasteiger partial charge in [-0.05, 0) is 12.1 Å². The Bertz CT molecular complexity index is 422. The van der Waals surface area contributed by atoms with E-state index < -0.39 is 25.9 Å². The van der Waals surface area contributed by atoms with Crippen LogP contribution in [0.3, 0.4) is 0 Å². The maximum atomic E-state index is 12.9. The highest BCUT2D eigenvalue weighted by atomic mass is 79.9. The summed E-state index contributed by atoms with van der Waals surface area (Å²) in [6, 6.07) is 3.00. The fourth-order valence-corrected chi connectivity index (χ4v) is 1.46. The number of rotatable bonds is 3. The molecule has 80 valence electrons. The van der Waals surface area contributed by atoms with E-state index in [9.17, 15) is 19.3 Å². The van der Waals surface area contributed by atoms with Gasteiger partial charge in [0.25, 0.3) is 0 Å². The molecule has 0 atom stereocenters. The molecule has 15 heavy (non-hydrogen) atoms. The molecule has 0 saturated heterocycles. The van der Waals surface area contributed by atoms with Crippen molar-refractivity contribution in [3.8, 4) is 0 Å². The Balaban J connectivity index is 3.19. The van der Waals surface area contributed by atoms with Gasteiger partial charge < -0.3 is 0 Å². The molecule has 1 rings (SSSR count). The summed E-state index contributed by atoms with van der Waals surface area (Å²) in [4.78, 5) is 20.9. The number of Topliss-reactive ketones (excluding diaryl/α,β-unsaturated/α-hetero) is 1. The van der Waals surface area contributed by atoms with E-state index in [1.807, 2.05) is 0 Å². The Morgan fingerprint density at radius 2 is 2.07 bits per heavy atom. The summed E-state index contributed by atoms with van der Waals surface area (Å²) in [5, 5.41) is 10.4. The van der Waals surface area contributed by atoms with Crippen molar-refractivity contribution in [3.05, 3.63) is 39.7 Å². The first-order valence-corrected chi connectivity index (χ1v) is 5.53. The molecule has 4 nitrogen and oxygen atoms in total. The number of hydrogen-bond acceptors (Lipinski definition) is 3. The van der Waals surface area contributed by atoms with E-state index in [-0.39, 0.29) is 5.56 Å². The van der Waals surface area contributed by atoms with Gasteiger partial charge in [0, 0.05) is 11.6 Å². The molecule has 0 bridgehead atoms. The van der Waals surface area contributed by atoms with E-state index in [2.05, 4.69) is 31.9 Å². The van der Waals surface area contributed by atoms with E-state index >= 15 is 0 Å². The smallest absolute Gasteiger partial charge is 0.292 e. The van der Waals surface area contributed by atoms with Crippen LogP contribution in [0.5, 0.6) is 0 Å². The average Bonchev–Trinajstić information content (AvgIpc) is 2.16. The van der Waals surface area contributed by atoms with Crippen LogP contribution in [0.4, 0.5) is 10.1 Å². The van der Waals surface area contributed by atoms with Crippen molar-refractivity contribution >= 4 is 43.3 Å². The standard InChI is InChI=1S/C8H4Br2FNO3/c9-8(10)7(13)4-1-2-5(11)6(3-4)12(14)15/h1-3,8H. The molecule has 0 aliphatic rings. The average molecular weight is 341 g/mol. The van der Waals surface area contributed by atoms with Gasteiger partial charge in [-0.1, -0.05) is 31.9 Å². The van der Waals surface area contributed by atoms with Gasteiger partial charge in [-0.2, -0.15) is 4.39 Å². The molecule has 1 aromatic rings. The zero-order valence-electron chi connectivity index (χ0n) is 7.12. The van der Waals surface area contributed by atoms with Gasteiger partial charge >= 0.3 is 5.69 Å². The monoisotopic (exact) mass is 339 g/mol. The number of nitrogens with zero attached hydrogens (tertiary/aromatic N) is 1. The molecule has 7 heteroatoms. The maximum Gasteiger partial charge on any atom is 0.305 e. The van der Waals surface area contributed by atoms with Crippen LogP contribution in [-0.2, 0) is 0 Å². The molecule has 0 fully saturated rings. The lowest BCUT2D eigenvalue weighted by Crippen LogP contribution is -2.08. The fourth-order valence-electron chi connectivity index (χ4n) is 0.932. The molecular formula is C8H4Br2FNO3. The van der Waals surface area contributed by atoms with Gasteiger partial charge in [-0.25, -0.2) is 0 Å². The topological polar surface area (TPSA) is 60.2 Å². The minimum atomic E-state index is -0.961. The molecule has 1 aromatic carbocycles. The number of alkyl halides is 2. The lowest BCUT2D eigenvalue weighted by Gasteiger charge is -2.01. The minimum Gasteiger partial charge on any atom is -0.292 e. The number of carbonyl (C=O) groups excluding carboxylic acids is 1. The van der Waals surface area contributed by atoms with Crippen molar-refractivity contribution in [2.45, 2.75) is 3.74 Å². The molecule has 0 aliphatic carbocycles. The maximum absolute atomic E-state index is 12.9. The van der Waals surface area contributed by atoms with Gasteiger partial charge in [0.15, 0.2) is 5.78 Å². The summed E-state index contributed by atoms with van der Waals surface area (Å²) in [5.74, 6) is -1.37. The first-order valence-electron chi connectivity index (χ1n) is 3.70. The lowest BCUT2D eigenvalue weighted by atomic mass is 10.1. The third-order valence-corrected chi connectivity index (χ3v) is 2.46. The summed E-state index contributed by atoms with van der Waals surface area (Å²) >= 11 is 5.92. The van der Waals surface area contributed by atoms with E-state index in [1.165, 1.54) is 6.07 Å². The van der Waals surface area contributed by atoms with Gasteiger partial charge in [-0.3, -0.25) is 14.9 Å². The summed E-state index contributed by atoms with van der Waals surface area (Å²) < 4.78 is 12.3. The van der Waals surface area contributed by atoms with Gasteiger partial charge in [0.2, 0.25) is 5.82 Å². The SMILES string of the molecule is O=C(c1ccc(F)c([N+](=O)[O-])c1)C(Br)Br. The molecule has 0 aliphatic heterocycles. The third-order valence-electron chi connectivity index (χ3n) is 1.63. The van der Waals surface area contributed by atoms with Crippen LogP contribution in [0.2, 0.25) is 0 Å².